The Morgan fingerprint density at radius 1 is 1.05 bits per heavy atom. The fourth-order valence-corrected chi connectivity index (χ4v) is 2.51. The second-order valence-corrected chi connectivity index (χ2v) is 5.34. The number of rotatable bonds is 4. The van der Waals surface area contributed by atoms with Gasteiger partial charge in [0.05, 0.1) is 0 Å². The van der Waals surface area contributed by atoms with Crippen LogP contribution in [-0.2, 0) is 6.54 Å². The number of para-hydroxylation sites is 1. The zero-order valence-electron chi connectivity index (χ0n) is 12.0. The van der Waals surface area contributed by atoms with Gasteiger partial charge >= 0.3 is 0 Å². The van der Waals surface area contributed by atoms with E-state index < -0.39 is 0 Å². The molecule has 0 unspecified atom stereocenters. The van der Waals surface area contributed by atoms with Crippen LogP contribution >= 0.6 is 0 Å². The van der Waals surface area contributed by atoms with E-state index in [4.69, 9.17) is 0 Å². The lowest BCUT2D eigenvalue weighted by molar-refractivity contribution is 0.564. The summed E-state index contributed by atoms with van der Waals surface area (Å²) in [5, 5.41) is 4.86. The van der Waals surface area contributed by atoms with Crippen LogP contribution in [0.1, 0.15) is 29.8 Å². The quantitative estimate of drug-likeness (QED) is 0.721. The minimum Gasteiger partial charge on any atom is -0.357 e. The average Bonchev–Trinajstić information content (AvgIpc) is 2.90. The Labute approximate surface area is 119 Å². The fraction of sp³-hybridized carbons (Fsp3) is 0.222. The Kier molecular flexibility index (Phi) is 3.57. The molecule has 0 radical (unpaired) electrons. The van der Waals surface area contributed by atoms with E-state index in [-0.39, 0.29) is 0 Å². The summed E-state index contributed by atoms with van der Waals surface area (Å²) < 4.78 is 0. The van der Waals surface area contributed by atoms with Gasteiger partial charge in [0.15, 0.2) is 0 Å². The third-order valence-electron chi connectivity index (χ3n) is 3.88. The molecule has 1 atom stereocenters. The summed E-state index contributed by atoms with van der Waals surface area (Å²) >= 11 is 0. The molecule has 1 heterocycles. The third kappa shape index (κ3) is 2.61. The van der Waals surface area contributed by atoms with Crippen LogP contribution in [-0.4, -0.2) is 4.98 Å². The maximum Gasteiger partial charge on any atom is 0.0456 e. The zero-order chi connectivity index (χ0) is 13.9. The van der Waals surface area contributed by atoms with E-state index in [2.05, 4.69) is 78.7 Å². The van der Waals surface area contributed by atoms with Gasteiger partial charge in [0.25, 0.3) is 0 Å². The Balaban J connectivity index is 1.73. The van der Waals surface area contributed by atoms with Crippen molar-refractivity contribution in [1.29, 1.82) is 0 Å². The van der Waals surface area contributed by atoms with Crippen molar-refractivity contribution in [2.24, 2.45) is 0 Å². The summed E-state index contributed by atoms with van der Waals surface area (Å²) in [6.07, 6.45) is 0. The Morgan fingerprint density at radius 2 is 1.80 bits per heavy atom. The second kappa shape index (κ2) is 5.51. The van der Waals surface area contributed by atoms with Crippen LogP contribution in [0.5, 0.6) is 0 Å². The molecule has 102 valence electrons. The van der Waals surface area contributed by atoms with Crippen molar-refractivity contribution >= 4 is 10.9 Å². The first-order chi connectivity index (χ1) is 9.74. The van der Waals surface area contributed by atoms with Gasteiger partial charge in [-0.15, -0.1) is 0 Å². The lowest BCUT2D eigenvalue weighted by Crippen LogP contribution is -2.18. The molecule has 0 amide bonds. The summed E-state index contributed by atoms with van der Waals surface area (Å²) in [7, 11) is 0. The van der Waals surface area contributed by atoms with E-state index in [0.717, 1.165) is 6.54 Å². The minimum atomic E-state index is 0.307. The molecule has 0 bridgehead atoms. The standard InChI is InChI=1S/C18H20N2/c1-13-7-3-4-9-16(13)12-19-14(2)18-11-15-8-5-6-10-17(15)20-18/h3-11,14,19-20H,12H2,1-2H3/t14-/m1/s1. The van der Waals surface area contributed by atoms with Crippen molar-refractivity contribution in [1.82, 2.24) is 10.3 Å². The Bertz CT molecular complexity index is 679. The SMILES string of the molecule is Cc1ccccc1CN[C@H](C)c1cc2ccccc2[nH]1. The summed E-state index contributed by atoms with van der Waals surface area (Å²) in [5.41, 5.74) is 5.13. The van der Waals surface area contributed by atoms with E-state index >= 15 is 0 Å². The predicted octanol–water partition coefficient (Wildman–Crippen LogP) is 4.33. The smallest absolute Gasteiger partial charge is 0.0456 e. The monoisotopic (exact) mass is 264 g/mol. The largest absolute Gasteiger partial charge is 0.357 e. The van der Waals surface area contributed by atoms with Gasteiger partial charge in [0, 0.05) is 23.8 Å². The number of hydrogen-bond donors (Lipinski definition) is 2. The fourth-order valence-electron chi connectivity index (χ4n) is 2.51. The third-order valence-corrected chi connectivity index (χ3v) is 3.88. The molecule has 2 heteroatoms. The number of H-pyrrole nitrogens is 1. The van der Waals surface area contributed by atoms with Crippen LogP contribution in [0.2, 0.25) is 0 Å². The lowest BCUT2D eigenvalue weighted by atomic mass is 10.1. The van der Waals surface area contributed by atoms with E-state index in [1.165, 1.54) is 27.7 Å². The molecule has 0 aliphatic rings. The van der Waals surface area contributed by atoms with Crippen LogP contribution in [0.4, 0.5) is 0 Å². The van der Waals surface area contributed by atoms with Gasteiger partial charge in [-0.25, -0.2) is 0 Å². The normalized spacial score (nSPS) is 12.7. The van der Waals surface area contributed by atoms with Crippen molar-refractivity contribution in [2.45, 2.75) is 26.4 Å². The van der Waals surface area contributed by atoms with Gasteiger partial charge < -0.3 is 10.3 Å². The molecule has 0 aliphatic carbocycles. The highest BCUT2D eigenvalue weighted by molar-refractivity contribution is 5.80. The van der Waals surface area contributed by atoms with Crippen LogP contribution in [0, 0.1) is 6.92 Å². The van der Waals surface area contributed by atoms with E-state index in [1.54, 1.807) is 0 Å². The zero-order valence-corrected chi connectivity index (χ0v) is 12.0. The summed E-state index contributed by atoms with van der Waals surface area (Å²) in [4.78, 5) is 3.48. The minimum absolute atomic E-state index is 0.307. The highest BCUT2D eigenvalue weighted by Gasteiger charge is 2.08. The van der Waals surface area contributed by atoms with E-state index in [9.17, 15) is 0 Å². The number of aromatic amines is 1. The van der Waals surface area contributed by atoms with Crippen molar-refractivity contribution in [3.05, 3.63) is 71.4 Å². The molecular formula is C18H20N2. The van der Waals surface area contributed by atoms with Gasteiger partial charge in [-0.2, -0.15) is 0 Å². The van der Waals surface area contributed by atoms with Crippen LogP contribution in [0.3, 0.4) is 0 Å². The van der Waals surface area contributed by atoms with Crippen molar-refractivity contribution in [3.8, 4) is 0 Å². The number of benzene rings is 2. The molecule has 3 aromatic rings. The number of aryl methyl sites for hydroxylation is 1. The summed E-state index contributed by atoms with van der Waals surface area (Å²) in [6.45, 7) is 5.25. The average molecular weight is 264 g/mol. The van der Waals surface area contributed by atoms with Crippen molar-refractivity contribution in [2.75, 3.05) is 0 Å². The summed E-state index contributed by atoms with van der Waals surface area (Å²) in [6, 6.07) is 19.4. The number of fused-ring (bicyclic) bond motifs is 1. The highest BCUT2D eigenvalue weighted by atomic mass is 14.9. The maximum atomic E-state index is 3.59. The molecule has 2 nitrogen and oxygen atoms in total. The molecule has 3 rings (SSSR count). The molecule has 0 saturated carbocycles. The topological polar surface area (TPSA) is 27.8 Å². The Morgan fingerprint density at radius 3 is 2.60 bits per heavy atom. The second-order valence-electron chi connectivity index (χ2n) is 5.34. The van der Waals surface area contributed by atoms with Crippen molar-refractivity contribution in [3.63, 3.8) is 0 Å². The first-order valence-electron chi connectivity index (χ1n) is 7.09. The van der Waals surface area contributed by atoms with E-state index in [1.807, 2.05) is 0 Å². The molecule has 2 N–H and O–H groups in total. The molecule has 0 saturated heterocycles. The Hall–Kier alpha value is -2.06. The molecular weight excluding hydrogens is 244 g/mol. The molecule has 2 aromatic carbocycles. The van der Waals surface area contributed by atoms with E-state index in [0.29, 0.717) is 6.04 Å². The van der Waals surface area contributed by atoms with Crippen LogP contribution in [0.15, 0.2) is 54.6 Å². The predicted molar refractivity (Wildman–Crippen MR) is 84.7 cm³/mol. The molecule has 0 fully saturated rings. The molecule has 0 aliphatic heterocycles. The number of hydrogen-bond acceptors (Lipinski definition) is 1. The maximum absolute atomic E-state index is 3.59. The van der Waals surface area contributed by atoms with Crippen LogP contribution < -0.4 is 5.32 Å². The first-order valence-corrected chi connectivity index (χ1v) is 7.09. The van der Waals surface area contributed by atoms with Crippen LogP contribution in [0.25, 0.3) is 10.9 Å². The lowest BCUT2D eigenvalue weighted by Gasteiger charge is -2.13. The van der Waals surface area contributed by atoms with Crippen molar-refractivity contribution < 1.29 is 0 Å². The molecule has 20 heavy (non-hydrogen) atoms. The number of nitrogens with one attached hydrogen (secondary N) is 2. The molecule has 1 aromatic heterocycles. The number of aromatic nitrogens is 1. The first kappa shape index (κ1) is 12.9. The highest BCUT2D eigenvalue weighted by Crippen LogP contribution is 2.20. The van der Waals surface area contributed by atoms with Gasteiger partial charge in [-0.1, -0.05) is 42.5 Å². The van der Waals surface area contributed by atoms with Gasteiger partial charge in [0.2, 0.25) is 0 Å². The van der Waals surface area contributed by atoms with Gasteiger partial charge in [-0.05, 0) is 42.5 Å². The summed E-state index contributed by atoms with van der Waals surface area (Å²) in [5.74, 6) is 0. The van der Waals surface area contributed by atoms with Gasteiger partial charge in [0.1, 0.15) is 0 Å². The molecule has 0 spiro atoms. The van der Waals surface area contributed by atoms with Gasteiger partial charge in [-0.3, -0.25) is 0 Å².